The lowest BCUT2D eigenvalue weighted by atomic mass is 10.1. The zero-order valence-electron chi connectivity index (χ0n) is 15.5. The number of hydrogen-bond acceptors (Lipinski definition) is 4. The van der Waals surface area contributed by atoms with Gasteiger partial charge in [-0.15, -0.1) is 10.2 Å². The highest BCUT2D eigenvalue weighted by Gasteiger charge is 2.15. The van der Waals surface area contributed by atoms with Crippen molar-refractivity contribution in [2.45, 2.75) is 32.5 Å². The molecule has 1 aromatic heterocycles. The Morgan fingerprint density at radius 2 is 1.93 bits per heavy atom. The number of carbonyl (C=O) groups is 1. The fraction of sp³-hybridized carbons (Fsp3) is 0.250. The van der Waals surface area contributed by atoms with Crippen LogP contribution < -0.4 is 5.32 Å². The third kappa shape index (κ3) is 4.51. The van der Waals surface area contributed by atoms with Crippen molar-refractivity contribution < 1.29 is 4.79 Å². The minimum absolute atomic E-state index is 0.0696. The van der Waals surface area contributed by atoms with Crippen molar-refractivity contribution in [3.8, 4) is 11.4 Å². The third-order valence-electron chi connectivity index (χ3n) is 4.21. The van der Waals surface area contributed by atoms with Crippen molar-refractivity contribution >= 4 is 35.0 Å². The van der Waals surface area contributed by atoms with E-state index >= 15 is 0 Å². The Labute approximate surface area is 168 Å². The highest BCUT2D eigenvalue weighted by Crippen LogP contribution is 2.27. The third-order valence-corrected chi connectivity index (χ3v) is 5.59. The summed E-state index contributed by atoms with van der Waals surface area (Å²) in [6, 6.07) is 13.6. The lowest BCUT2D eigenvalue weighted by Crippen LogP contribution is -2.15. The standard InChI is InChI=1S/C20H21ClN4OS/c1-4-25-19(15-10-9-13(2)16(21)11-15)23-24-20(25)27-12-18(26)22-17-8-6-5-7-14(17)3/h5-11H,4,12H2,1-3H3,(H,22,26). The molecule has 0 aliphatic rings. The van der Waals surface area contributed by atoms with Gasteiger partial charge in [0.2, 0.25) is 5.91 Å². The number of amides is 1. The fourth-order valence-electron chi connectivity index (χ4n) is 2.66. The van der Waals surface area contributed by atoms with Crippen molar-refractivity contribution in [1.82, 2.24) is 14.8 Å². The lowest BCUT2D eigenvalue weighted by molar-refractivity contribution is -0.113. The van der Waals surface area contributed by atoms with E-state index in [-0.39, 0.29) is 11.7 Å². The van der Waals surface area contributed by atoms with Crippen LogP contribution in [0.3, 0.4) is 0 Å². The molecule has 0 aliphatic heterocycles. The van der Waals surface area contributed by atoms with E-state index in [1.54, 1.807) is 0 Å². The minimum Gasteiger partial charge on any atom is -0.325 e. The summed E-state index contributed by atoms with van der Waals surface area (Å²) in [7, 11) is 0. The van der Waals surface area contributed by atoms with Crippen LogP contribution in [0.1, 0.15) is 18.1 Å². The molecule has 0 spiro atoms. The van der Waals surface area contributed by atoms with Crippen molar-refractivity contribution in [3.05, 3.63) is 58.6 Å². The van der Waals surface area contributed by atoms with Gasteiger partial charge in [-0.25, -0.2) is 0 Å². The number of thioether (sulfide) groups is 1. The predicted molar refractivity (Wildman–Crippen MR) is 111 cm³/mol. The van der Waals surface area contributed by atoms with E-state index in [1.807, 2.05) is 67.8 Å². The monoisotopic (exact) mass is 400 g/mol. The van der Waals surface area contributed by atoms with Gasteiger partial charge in [0.15, 0.2) is 11.0 Å². The number of rotatable bonds is 6. The molecule has 1 amide bonds. The van der Waals surface area contributed by atoms with Crippen molar-refractivity contribution in [3.63, 3.8) is 0 Å². The number of anilines is 1. The maximum absolute atomic E-state index is 12.3. The van der Waals surface area contributed by atoms with Gasteiger partial charge in [0.25, 0.3) is 0 Å². The SMILES string of the molecule is CCn1c(SCC(=O)Nc2ccccc2C)nnc1-c1ccc(C)c(Cl)c1. The van der Waals surface area contributed by atoms with Crippen LogP contribution in [0, 0.1) is 13.8 Å². The number of halogens is 1. The summed E-state index contributed by atoms with van der Waals surface area (Å²) in [5.74, 6) is 0.947. The zero-order valence-corrected chi connectivity index (χ0v) is 17.1. The molecule has 0 atom stereocenters. The molecule has 3 rings (SSSR count). The topological polar surface area (TPSA) is 59.8 Å². The van der Waals surface area contributed by atoms with Crippen LogP contribution in [0.5, 0.6) is 0 Å². The number of benzene rings is 2. The molecular weight excluding hydrogens is 380 g/mol. The first kappa shape index (κ1) is 19.5. The van der Waals surface area contributed by atoms with Crippen LogP contribution in [-0.2, 0) is 11.3 Å². The average molecular weight is 401 g/mol. The summed E-state index contributed by atoms with van der Waals surface area (Å²) >= 11 is 7.61. The number of nitrogens with zero attached hydrogens (tertiary/aromatic N) is 3. The van der Waals surface area contributed by atoms with Crippen molar-refractivity contribution in [2.75, 3.05) is 11.1 Å². The molecule has 0 unspecified atom stereocenters. The molecule has 0 fully saturated rings. The second kappa shape index (κ2) is 8.59. The Kier molecular flexibility index (Phi) is 6.19. The average Bonchev–Trinajstić information content (AvgIpc) is 3.07. The number of nitrogens with one attached hydrogen (secondary N) is 1. The van der Waals surface area contributed by atoms with Crippen LogP contribution in [0.2, 0.25) is 5.02 Å². The summed E-state index contributed by atoms with van der Waals surface area (Å²) in [5.41, 5.74) is 3.79. The first-order valence-corrected chi connectivity index (χ1v) is 10.0. The molecule has 1 N–H and O–H groups in total. The van der Waals surface area contributed by atoms with Gasteiger partial charge in [-0.1, -0.05) is 53.7 Å². The Morgan fingerprint density at radius 3 is 2.63 bits per heavy atom. The Hall–Kier alpha value is -2.31. The molecule has 2 aromatic carbocycles. The van der Waals surface area contributed by atoms with Gasteiger partial charge in [-0.2, -0.15) is 0 Å². The lowest BCUT2D eigenvalue weighted by Gasteiger charge is -2.09. The second-order valence-corrected chi connectivity index (χ2v) is 7.52. The highest BCUT2D eigenvalue weighted by molar-refractivity contribution is 7.99. The zero-order chi connectivity index (χ0) is 19.4. The van der Waals surface area contributed by atoms with E-state index in [4.69, 9.17) is 11.6 Å². The van der Waals surface area contributed by atoms with Gasteiger partial charge in [-0.3, -0.25) is 4.79 Å². The molecule has 140 valence electrons. The molecule has 0 radical (unpaired) electrons. The molecule has 3 aromatic rings. The second-order valence-electron chi connectivity index (χ2n) is 6.17. The molecule has 0 saturated heterocycles. The normalized spacial score (nSPS) is 10.8. The Bertz CT molecular complexity index is 970. The van der Waals surface area contributed by atoms with Gasteiger partial charge in [0, 0.05) is 22.8 Å². The van der Waals surface area contributed by atoms with Gasteiger partial charge >= 0.3 is 0 Å². The van der Waals surface area contributed by atoms with Crippen LogP contribution >= 0.6 is 23.4 Å². The summed E-state index contributed by atoms with van der Waals surface area (Å²) in [6.45, 7) is 6.66. The number of hydrogen-bond donors (Lipinski definition) is 1. The number of aryl methyl sites for hydroxylation is 2. The quantitative estimate of drug-likeness (QED) is 0.593. The largest absolute Gasteiger partial charge is 0.325 e. The van der Waals surface area contributed by atoms with Gasteiger partial charge in [0.1, 0.15) is 0 Å². The van der Waals surface area contributed by atoms with E-state index in [0.717, 1.165) is 28.2 Å². The first-order chi connectivity index (χ1) is 13.0. The molecule has 0 aliphatic carbocycles. The molecule has 7 heteroatoms. The van der Waals surface area contributed by atoms with E-state index in [9.17, 15) is 4.79 Å². The summed E-state index contributed by atoms with van der Waals surface area (Å²) in [5, 5.41) is 12.9. The minimum atomic E-state index is -0.0696. The summed E-state index contributed by atoms with van der Waals surface area (Å²) in [6.07, 6.45) is 0. The molecule has 0 saturated carbocycles. The molecule has 1 heterocycles. The highest BCUT2D eigenvalue weighted by atomic mass is 35.5. The number of aromatic nitrogens is 3. The maximum Gasteiger partial charge on any atom is 0.234 e. The van der Waals surface area contributed by atoms with Gasteiger partial charge < -0.3 is 9.88 Å². The van der Waals surface area contributed by atoms with Gasteiger partial charge in [-0.05, 0) is 44.0 Å². The smallest absolute Gasteiger partial charge is 0.234 e. The molecule has 0 bridgehead atoms. The number of para-hydroxylation sites is 1. The summed E-state index contributed by atoms with van der Waals surface area (Å²) in [4.78, 5) is 12.3. The molecule has 27 heavy (non-hydrogen) atoms. The fourth-order valence-corrected chi connectivity index (χ4v) is 3.64. The van der Waals surface area contributed by atoms with E-state index in [1.165, 1.54) is 11.8 Å². The Balaban J connectivity index is 1.72. The van der Waals surface area contributed by atoms with Crippen molar-refractivity contribution in [2.24, 2.45) is 0 Å². The van der Waals surface area contributed by atoms with Crippen LogP contribution in [0.4, 0.5) is 5.69 Å². The van der Waals surface area contributed by atoms with E-state index < -0.39 is 0 Å². The van der Waals surface area contributed by atoms with Gasteiger partial charge in [0.05, 0.1) is 5.75 Å². The molecule has 5 nitrogen and oxygen atoms in total. The van der Waals surface area contributed by atoms with Crippen molar-refractivity contribution in [1.29, 1.82) is 0 Å². The Morgan fingerprint density at radius 1 is 1.15 bits per heavy atom. The first-order valence-electron chi connectivity index (χ1n) is 8.67. The van der Waals surface area contributed by atoms with Crippen LogP contribution in [0.25, 0.3) is 11.4 Å². The predicted octanol–water partition coefficient (Wildman–Crippen LogP) is 4.97. The van der Waals surface area contributed by atoms with Crippen LogP contribution in [-0.4, -0.2) is 26.4 Å². The van der Waals surface area contributed by atoms with Crippen LogP contribution in [0.15, 0.2) is 47.6 Å². The number of carbonyl (C=O) groups excluding carboxylic acids is 1. The molecular formula is C20H21ClN4OS. The maximum atomic E-state index is 12.3. The van der Waals surface area contributed by atoms with E-state index in [0.29, 0.717) is 16.7 Å². The van der Waals surface area contributed by atoms with E-state index in [2.05, 4.69) is 15.5 Å². The summed E-state index contributed by atoms with van der Waals surface area (Å²) < 4.78 is 1.99.